The minimum atomic E-state index is -0.432. The molecule has 28 heavy (non-hydrogen) atoms. The van der Waals surface area contributed by atoms with Crippen molar-refractivity contribution in [1.29, 1.82) is 0 Å². The van der Waals surface area contributed by atoms with Crippen molar-refractivity contribution in [2.75, 3.05) is 4.90 Å². The van der Waals surface area contributed by atoms with E-state index in [1.165, 1.54) is 0 Å². The lowest BCUT2D eigenvalue weighted by molar-refractivity contribution is 0.481. The van der Waals surface area contributed by atoms with Crippen LogP contribution < -0.4 is 21.1 Å². The molecule has 0 saturated heterocycles. The molecule has 0 aliphatic carbocycles. The number of benzene rings is 3. The third-order valence-electron chi connectivity index (χ3n) is 4.39. The summed E-state index contributed by atoms with van der Waals surface area (Å²) in [4.78, 5) is 10.6. The van der Waals surface area contributed by atoms with E-state index in [0.717, 1.165) is 22.6 Å². The predicted octanol–water partition coefficient (Wildman–Crippen LogP) is 3.94. The average molecular weight is 371 g/mol. The monoisotopic (exact) mass is 371 g/mol. The van der Waals surface area contributed by atoms with E-state index in [1.54, 1.807) is 0 Å². The van der Waals surface area contributed by atoms with Gasteiger partial charge in [-0.15, -0.1) is 0 Å². The number of aliphatic imine (C=N–C) groups is 2. The normalized spacial score (nSPS) is 16.3. The highest BCUT2D eigenvalue weighted by atomic mass is 16.5. The second-order valence-electron chi connectivity index (χ2n) is 6.53. The molecular weight excluding hydrogens is 350 g/mol. The number of aryl methyl sites for hydroxylation is 1. The lowest BCUT2D eigenvalue weighted by atomic mass is 10.1. The molecule has 3 aromatic carbocycles. The van der Waals surface area contributed by atoms with Gasteiger partial charge in [0, 0.05) is 11.3 Å². The molecule has 0 aromatic heterocycles. The summed E-state index contributed by atoms with van der Waals surface area (Å²) in [6.07, 6.45) is -0.432. The number of hydrogen-bond donors (Lipinski definition) is 2. The van der Waals surface area contributed by atoms with Crippen molar-refractivity contribution in [2.24, 2.45) is 21.5 Å². The van der Waals surface area contributed by atoms with Crippen molar-refractivity contribution in [2.45, 2.75) is 13.1 Å². The molecule has 1 aliphatic heterocycles. The van der Waals surface area contributed by atoms with Crippen molar-refractivity contribution in [3.63, 3.8) is 0 Å². The van der Waals surface area contributed by atoms with Gasteiger partial charge in [0.1, 0.15) is 11.5 Å². The van der Waals surface area contributed by atoms with E-state index in [9.17, 15) is 0 Å². The van der Waals surface area contributed by atoms with Gasteiger partial charge < -0.3 is 16.2 Å². The van der Waals surface area contributed by atoms with E-state index in [-0.39, 0.29) is 5.96 Å². The molecule has 0 amide bonds. The molecule has 1 atom stereocenters. The van der Waals surface area contributed by atoms with E-state index in [0.29, 0.717) is 11.7 Å². The van der Waals surface area contributed by atoms with Crippen LogP contribution in [-0.4, -0.2) is 11.9 Å². The van der Waals surface area contributed by atoms with Gasteiger partial charge in [-0.3, -0.25) is 4.90 Å². The van der Waals surface area contributed by atoms with Crippen LogP contribution in [0, 0.1) is 6.92 Å². The topological polar surface area (TPSA) is 89.2 Å². The molecule has 1 aliphatic rings. The second kappa shape index (κ2) is 7.44. The van der Waals surface area contributed by atoms with Gasteiger partial charge in [-0.05, 0) is 48.9 Å². The summed E-state index contributed by atoms with van der Waals surface area (Å²) in [7, 11) is 0. The molecule has 1 unspecified atom stereocenters. The Balaban J connectivity index is 1.71. The van der Waals surface area contributed by atoms with Crippen LogP contribution in [0.4, 0.5) is 5.69 Å². The largest absolute Gasteiger partial charge is 0.457 e. The first-order chi connectivity index (χ1) is 13.6. The van der Waals surface area contributed by atoms with Gasteiger partial charge in [-0.2, -0.15) is 4.99 Å². The van der Waals surface area contributed by atoms with Crippen molar-refractivity contribution in [1.82, 2.24) is 0 Å². The van der Waals surface area contributed by atoms with E-state index >= 15 is 0 Å². The quantitative estimate of drug-likeness (QED) is 0.727. The number of rotatable bonds is 4. The summed E-state index contributed by atoms with van der Waals surface area (Å²) < 4.78 is 5.96. The third-order valence-corrected chi connectivity index (χ3v) is 4.39. The number of hydrogen-bond acceptors (Lipinski definition) is 6. The zero-order valence-electron chi connectivity index (χ0n) is 15.5. The number of anilines is 1. The molecule has 0 fully saturated rings. The average Bonchev–Trinajstić information content (AvgIpc) is 2.68. The molecule has 0 radical (unpaired) electrons. The van der Waals surface area contributed by atoms with Gasteiger partial charge in [-0.25, -0.2) is 4.99 Å². The standard InChI is InChI=1S/C22H21N5O/c1-15-7-5-9-17(13-15)27-20(25-21(23)26-22(27)24)16-8-6-12-19(14-16)28-18-10-3-2-4-11-18/h2-14,20H,1H3,(H4,23,24,25,26). The van der Waals surface area contributed by atoms with Gasteiger partial charge in [0.15, 0.2) is 6.17 Å². The Morgan fingerprint density at radius 3 is 2.39 bits per heavy atom. The van der Waals surface area contributed by atoms with Crippen LogP contribution in [0.25, 0.3) is 0 Å². The van der Waals surface area contributed by atoms with Crippen LogP contribution in [0.3, 0.4) is 0 Å². The van der Waals surface area contributed by atoms with Crippen LogP contribution in [0.15, 0.2) is 88.8 Å². The van der Waals surface area contributed by atoms with Gasteiger partial charge in [0.05, 0.1) is 0 Å². The first kappa shape index (κ1) is 17.6. The van der Waals surface area contributed by atoms with Gasteiger partial charge >= 0.3 is 0 Å². The fraction of sp³-hybridized carbons (Fsp3) is 0.0909. The molecule has 4 N–H and O–H groups in total. The van der Waals surface area contributed by atoms with E-state index in [4.69, 9.17) is 16.2 Å². The highest BCUT2D eigenvalue weighted by Crippen LogP contribution is 2.33. The maximum Gasteiger partial charge on any atom is 0.221 e. The summed E-state index contributed by atoms with van der Waals surface area (Å²) in [5.74, 6) is 1.93. The molecular formula is C22H21N5O. The first-order valence-corrected chi connectivity index (χ1v) is 8.96. The Morgan fingerprint density at radius 2 is 1.61 bits per heavy atom. The zero-order valence-corrected chi connectivity index (χ0v) is 15.5. The summed E-state index contributed by atoms with van der Waals surface area (Å²) in [5.41, 5.74) is 15.1. The van der Waals surface area contributed by atoms with Crippen LogP contribution in [-0.2, 0) is 0 Å². The van der Waals surface area contributed by atoms with E-state index < -0.39 is 6.17 Å². The SMILES string of the molecule is Cc1cccc(N2C(N)=NC(N)=NC2c2cccc(Oc3ccccc3)c2)c1. The number of ether oxygens (including phenoxy) is 1. The lowest BCUT2D eigenvalue weighted by Gasteiger charge is -2.33. The third kappa shape index (κ3) is 3.66. The van der Waals surface area contributed by atoms with Crippen molar-refractivity contribution < 1.29 is 4.74 Å². The maximum absolute atomic E-state index is 6.22. The lowest BCUT2D eigenvalue weighted by Crippen LogP contribution is -2.44. The molecule has 1 heterocycles. The Kier molecular flexibility index (Phi) is 4.68. The van der Waals surface area contributed by atoms with Crippen LogP contribution in [0.5, 0.6) is 11.5 Å². The van der Waals surface area contributed by atoms with Crippen molar-refractivity contribution in [3.8, 4) is 11.5 Å². The molecule has 4 rings (SSSR count). The first-order valence-electron chi connectivity index (χ1n) is 8.96. The zero-order chi connectivity index (χ0) is 19.5. The van der Waals surface area contributed by atoms with Crippen LogP contribution in [0.2, 0.25) is 0 Å². The molecule has 3 aromatic rings. The summed E-state index contributed by atoms with van der Waals surface area (Å²) >= 11 is 0. The molecule has 6 nitrogen and oxygen atoms in total. The smallest absolute Gasteiger partial charge is 0.221 e. The number of nitrogens with zero attached hydrogens (tertiary/aromatic N) is 3. The molecule has 0 saturated carbocycles. The Hall–Kier alpha value is -3.80. The van der Waals surface area contributed by atoms with Gasteiger partial charge in [0.2, 0.25) is 11.9 Å². The van der Waals surface area contributed by atoms with Crippen LogP contribution >= 0.6 is 0 Å². The van der Waals surface area contributed by atoms with E-state index in [2.05, 4.69) is 9.98 Å². The molecule has 0 bridgehead atoms. The second-order valence-corrected chi connectivity index (χ2v) is 6.53. The molecule has 140 valence electrons. The highest BCUT2D eigenvalue weighted by molar-refractivity contribution is 6.04. The fourth-order valence-electron chi connectivity index (χ4n) is 3.15. The Bertz CT molecular complexity index is 1050. The summed E-state index contributed by atoms with van der Waals surface area (Å²) in [6, 6.07) is 25.4. The minimum absolute atomic E-state index is 0.154. The minimum Gasteiger partial charge on any atom is -0.457 e. The Labute approximate surface area is 163 Å². The highest BCUT2D eigenvalue weighted by Gasteiger charge is 2.27. The Morgan fingerprint density at radius 1 is 0.857 bits per heavy atom. The molecule has 6 heteroatoms. The van der Waals surface area contributed by atoms with E-state index in [1.807, 2.05) is 90.7 Å². The summed E-state index contributed by atoms with van der Waals surface area (Å²) in [6.45, 7) is 2.03. The number of guanidine groups is 2. The fourth-order valence-corrected chi connectivity index (χ4v) is 3.15. The predicted molar refractivity (Wildman–Crippen MR) is 113 cm³/mol. The number of nitrogens with two attached hydrogens (primary N) is 2. The van der Waals surface area contributed by atoms with Crippen molar-refractivity contribution >= 4 is 17.6 Å². The summed E-state index contributed by atoms with van der Waals surface area (Å²) in [5, 5.41) is 0. The van der Waals surface area contributed by atoms with Crippen molar-refractivity contribution in [3.05, 3.63) is 90.0 Å². The van der Waals surface area contributed by atoms with Gasteiger partial charge in [-0.1, -0.05) is 42.5 Å². The molecule has 0 spiro atoms. The van der Waals surface area contributed by atoms with Gasteiger partial charge in [0.25, 0.3) is 0 Å². The maximum atomic E-state index is 6.22. The van der Waals surface area contributed by atoms with Crippen LogP contribution in [0.1, 0.15) is 17.3 Å². The number of para-hydroxylation sites is 1.